The van der Waals surface area contributed by atoms with Crippen LogP contribution >= 0.6 is 0 Å². The molecule has 128 valence electrons. The van der Waals surface area contributed by atoms with Crippen LogP contribution in [0, 0.1) is 5.92 Å². The van der Waals surface area contributed by atoms with Crippen LogP contribution < -0.4 is 0 Å². The van der Waals surface area contributed by atoms with Crippen LogP contribution in [0.1, 0.15) is 78.1 Å². The summed E-state index contributed by atoms with van der Waals surface area (Å²) in [5.41, 5.74) is 0. The number of unbranched alkanes of at least 4 members (excludes halogenated alkanes) is 5. The predicted octanol–water partition coefficient (Wildman–Crippen LogP) is 3.93. The van der Waals surface area contributed by atoms with E-state index in [0.717, 1.165) is 38.5 Å². The lowest BCUT2D eigenvalue weighted by molar-refractivity contribution is -0.151. The maximum absolute atomic E-state index is 12.1. The van der Waals surface area contributed by atoms with Crippen LogP contribution in [-0.2, 0) is 14.3 Å². The number of carbonyl (C=O) groups excluding carboxylic acids is 2. The first-order valence-electron chi connectivity index (χ1n) is 9.13. The van der Waals surface area contributed by atoms with Gasteiger partial charge in [-0.25, -0.2) is 0 Å². The molecule has 0 unspecified atom stereocenters. The Kier molecular flexibility index (Phi) is 9.93. The zero-order chi connectivity index (χ0) is 16.2. The molecular formula is C18H33NO3. The molecule has 0 aliphatic carbocycles. The van der Waals surface area contributed by atoms with E-state index in [2.05, 4.69) is 13.8 Å². The van der Waals surface area contributed by atoms with Gasteiger partial charge in [-0.3, -0.25) is 9.59 Å². The average Bonchev–Trinajstić information content (AvgIpc) is 2.54. The van der Waals surface area contributed by atoms with Gasteiger partial charge in [0, 0.05) is 19.5 Å². The SMILES string of the molecule is CCCCCCCC(=O)N1CCC(C(=O)OCCCC)CC1. The highest BCUT2D eigenvalue weighted by Gasteiger charge is 2.27. The molecule has 1 rings (SSSR count). The molecular weight excluding hydrogens is 278 g/mol. The third kappa shape index (κ3) is 7.28. The number of piperidine rings is 1. The third-order valence-corrected chi connectivity index (χ3v) is 4.42. The normalized spacial score (nSPS) is 15.8. The van der Waals surface area contributed by atoms with E-state index < -0.39 is 0 Å². The molecule has 0 saturated carbocycles. The van der Waals surface area contributed by atoms with E-state index in [4.69, 9.17) is 4.74 Å². The van der Waals surface area contributed by atoms with Gasteiger partial charge in [0.2, 0.25) is 5.91 Å². The fourth-order valence-electron chi connectivity index (χ4n) is 2.84. The standard InChI is InChI=1S/C18H33NO3/c1-3-5-7-8-9-10-17(20)19-13-11-16(12-14-19)18(21)22-15-6-4-2/h16H,3-15H2,1-2H3. The summed E-state index contributed by atoms with van der Waals surface area (Å²) < 4.78 is 5.28. The van der Waals surface area contributed by atoms with Crippen molar-refractivity contribution in [2.45, 2.75) is 78.1 Å². The third-order valence-electron chi connectivity index (χ3n) is 4.42. The minimum Gasteiger partial charge on any atom is -0.465 e. The second-order valence-electron chi connectivity index (χ2n) is 6.34. The van der Waals surface area contributed by atoms with Crippen LogP contribution in [0.15, 0.2) is 0 Å². The lowest BCUT2D eigenvalue weighted by Crippen LogP contribution is -2.40. The quantitative estimate of drug-likeness (QED) is 0.453. The van der Waals surface area contributed by atoms with Gasteiger partial charge >= 0.3 is 5.97 Å². The van der Waals surface area contributed by atoms with Gasteiger partial charge in [-0.2, -0.15) is 0 Å². The lowest BCUT2D eigenvalue weighted by atomic mass is 9.96. The molecule has 1 fully saturated rings. The van der Waals surface area contributed by atoms with Crippen molar-refractivity contribution in [3.63, 3.8) is 0 Å². The molecule has 1 aliphatic rings. The maximum Gasteiger partial charge on any atom is 0.309 e. The van der Waals surface area contributed by atoms with Crippen LogP contribution in [0.3, 0.4) is 0 Å². The molecule has 0 spiro atoms. The van der Waals surface area contributed by atoms with Crippen LogP contribution in [0.2, 0.25) is 0 Å². The number of rotatable bonds is 10. The molecule has 1 amide bonds. The Labute approximate surface area is 135 Å². The number of esters is 1. The Hall–Kier alpha value is -1.06. The molecule has 0 radical (unpaired) electrons. The van der Waals surface area contributed by atoms with E-state index in [9.17, 15) is 9.59 Å². The molecule has 4 heteroatoms. The fourth-order valence-corrected chi connectivity index (χ4v) is 2.84. The molecule has 0 aromatic carbocycles. The molecule has 4 nitrogen and oxygen atoms in total. The predicted molar refractivity (Wildman–Crippen MR) is 88.5 cm³/mol. The molecule has 0 aromatic heterocycles. The molecule has 1 aliphatic heterocycles. The number of hydrogen-bond acceptors (Lipinski definition) is 3. The lowest BCUT2D eigenvalue weighted by Gasteiger charge is -2.31. The van der Waals surface area contributed by atoms with E-state index in [0.29, 0.717) is 26.1 Å². The van der Waals surface area contributed by atoms with Crippen LogP contribution in [0.25, 0.3) is 0 Å². The van der Waals surface area contributed by atoms with Crippen molar-refractivity contribution in [2.75, 3.05) is 19.7 Å². The summed E-state index contributed by atoms with van der Waals surface area (Å²) in [6.07, 6.45) is 10.0. The second-order valence-corrected chi connectivity index (χ2v) is 6.34. The molecule has 22 heavy (non-hydrogen) atoms. The largest absolute Gasteiger partial charge is 0.465 e. The number of carbonyl (C=O) groups is 2. The van der Waals surface area contributed by atoms with Gasteiger partial charge in [0.25, 0.3) is 0 Å². The Morgan fingerprint density at radius 2 is 1.59 bits per heavy atom. The highest BCUT2D eigenvalue weighted by molar-refractivity contribution is 5.77. The fraction of sp³-hybridized carbons (Fsp3) is 0.889. The van der Waals surface area contributed by atoms with Crippen molar-refractivity contribution in [3.05, 3.63) is 0 Å². The van der Waals surface area contributed by atoms with E-state index in [1.165, 1.54) is 19.3 Å². The average molecular weight is 311 g/mol. The van der Waals surface area contributed by atoms with Crippen molar-refractivity contribution in [1.82, 2.24) is 4.90 Å². The topological polar surface area (TPSA) is 46.6 Å². The summed E-state index contributed by atoms with van der Waals surface area (Å²) in [7, 11) is 0. The monoisotopic (exact) mass is 311 g/mol. The number of hydrogen-bond donors (Lipinski definition) is 0. The first kappa shape index (κ1) is 19.0. The smallest absolute Gasteiger partial charge is 0.309 e. The van der Waals surface area contributed by atoms with E-state index in [-0.39, 0.29) is 17.8 Å². The van der Waals surface area contributed by atoms with Gasteiger partial charge in [0.15, 0.2) is 0 Å². The minimum atomic E-state index is -0.0693. The van der Waals surface area contributed by atoms with Gasteiger partial charge in [0.1, 0.15) is 0 Å². The number of likely N-dealkylation sites (tertiary alicyclic amines) is 1. The summed E-state index contributed by atoms with van der Waals surface area (Å²) in [4.78, 5) is 26.0. The van der Waals surface area contributed by atoms with Crippen LogP contribution in [0.5, 0.6) is 0 Å². The van der Waals surface area contributed by atoms with Gasteiger partial charge in [-0.15, -0.1) is 0 Å². The molecule has 1 heterocycles. The molecule has 0 N–H and O–H groups in total. The Morgan fingerprint density at radius 3 is 2.23 bits per heavy atom. The Morgan fingerprint density at radius 1 is 0.955 bits per heavy atom. The molecule has 0 aromatic rings. The van der Waals surface area contributed by atoms with Crippen LogP contribution in [-0.4, -0.2) is 36.5 Å². The number of ether oxygens (including phenoxy) is 1. The zero-order valence-electron chi connectivity index (χ0n) is 14.4. The highest BCUT2D eigenvalue weighted by atomic mass is 16.5. The maximum atomic E-state index is 12.1. The highest BCUT2D eigenvalue weighted by Crippen LogP contribution is 2.20. The second kappa shape index (κ2) is 11.5. The number of nitrogens with zero attached hydrogens (tertiary/aromatic N) is 1. The van der Waals surface area contributed by atoms with Crippen molar-refractivity contribution < 1.29 is 14.3 Å². The Bertz CT molecular complexity index is 322. The van der Waals surface area contributed by atoms with Gasteiger partial charge < -0.3 is 9.64 Å². The first-order chi connectivity index (χ1) is 10.7. The summed E-state index contributed by atoms with van der Waals surface area (Å²) in [6.45, 7) is 6.23. The molecule has 0 bridgehead atoms. The number of amides is 1. The van der Waals surface area contributed by atoms with Crippen LogP contribution in [0.4, 0.5) is 0 Å². The van der Waals surface area contributed by atoms with Gasteiger partial charge in [-0.1, -0.05) is 46.0 Å². The van der Waals surface area contributed by atoms with Gasteiger partial charge in [0.05, 0.1) is 12.5 Å². The first-order valence-corrected chi connectivity index (χ1v) is 9.13. The summed E-state index contributed by atoms with van der Waals surface area (Å²) in [5, 5.41) is 0. The molecule has 1 saturated heterocycles. The minimum absolute atomic E-state index is 0.00883. The summed E-state index contributed by atoms with van der Waals surface area (Å²) >= 11 is 0. The van der Waals surface area contributed by atoms with E-state index >= 15 is 0 Å². The summed E-state index contributed by atoms with van der Waals surface area (Å²) in [5.74, 6) is 0.180. The van der Waals surface area contributed by atoms with Crippen molar-refractivity contribution in [1.29, 1.82) is 0 Å². The van der Waals surface area contributed by atoms with Crippen molar-refractivity contribution in [2.24, 2.45) is 5.92 Å². The zero-order valence-corrected chi connectivity index (χ0v) is 14.4. The Balaban J connectivity index is 2.15. The molecule has 0 atom stereocenters. The van der Waals surface area contributed by atoms with Crippen molar-refractivity contribution >= 4 is 11.9 Å². The summed E-state index contributed by atoms with van der Waals surface area (Å²) in [6, 6.07) is 0. The van der Waals surface area contributed by atoms with E-state index in [1.54, 1.807) is 0 Å². The van der Waals surface area contributed by atoms with Gasteiger partial charge in [-0.05, 0) is 25.7 Å². The van der Waals surface area contributed by atoms with E-state index in [1.807, 2.05) is 4.90 Å². The van der Waals surface area contributed by atoms with Crippen molar-refractivity contribution in [3.8, 4) is 0 Å².